The summed E-state index contributed by atoms with van der Waals surface area (Å²) < 4.78 is 4.95. The first-order valence-corrected chi connectivity index (χ1v) is 6.00. The number of aliphatic imine (C=N–C) groups is 1. The smallest absolute Gasteiger partial charge is 0.205 e. The molecule has 1 rings (SSSR count). The molecular formula is C12H21N5O. The van der Waals surface area contributed by atoms with Crippen LogP contribution in [0.4, 0.5) is 0 Å². The molecule has 0 unspecified atom stereocenters. The summed E-state index contributed by atoms with van der Waals surface area (Å²) in [6.07, 6.45) is 3.50. The van der Waals surface area contributed by atoms with Gasteiger partial charge in [-0.3, -0.25) is 15.4 Å². The number of pyridine rings is 1. The zero-order chi connectivity index (χ0) is 13.1. The van der Waals surface area contributed by atoms with Crippen LogP contribution in [-0.4, -0.2) is 37.7 Å². The third-order valence-electron chi connectivity index (χ3n) is 2.31. The van der Waals surface area contributed by atoms with Crippen molar-refractivity contribution in [3.63, 3.8) is 0 Å². The summed E-state index contributed by atoms with van der Waals surface area (Å²) in [5, 5.41) is 3.13. The number of nitrogens with zero attached hydrogens (tertiary/aromatic N) is 2. The van der Waals surface area contributed by atoms with Gasteiger partial charge in [-0.2, -0.15) is 0 Å². The second kappa shape index (κ2) is 9.38. The second-order valence-corrected chi connectivity index (χ2v) is 3.72. The maximum atomic E-state index is 5.38. The van der Waals surface area contributed by atoms with Gasteiger partial charge in [-0.25, -0.2) is 5.84 Å². The van der Waals surface area contributed by atoms with E-state index in [9.17, 15) is 0 Å². The fourth-order valence-electron chi connectivity index (χ4n) is 1.41. The van der Waals surface area contributed by atoms with Crippen molar-refractivity contribution in [1.29, 1.82) is 0 Å². The minimum Gasteiger partial charge on any atom is -0.385 e. The number of rotatable bonds is 7. The van der Waals surface area contributed by atoms with Gasteiger partial charge in [0.15, 0.2) is 0 Å². The van der Waals surface area contributed by atoms with Crippen molar-refractivity contribution < 1.29 is 4.74 Å². The van der Waals surface area contributed by atoms with Gasteiger partial charge in [-0.15, -0.1) is 0 Å². The summed E-state index contributed by atoms with van der Waals surface area (Å²) in [7, 11) is 1.68. The van der Waals surface area contributed by atoms with Crippen LogP contribution < -0.4 is 16.6 Å². The first kappa shape index (κ1) is 14.4. The summed E-state index contributed by atoms with van der Waals surface area (Å²) in [4.78, 5) is 8.52. The predicted octanol–water partition coefficient (Wildman–Crippen LogP) is 0.0695. The van der Waals surface area contributed by atoms with Crippen LogP contribution in [0.5, 0.6) is 0 Å². The Kier molecular flexibility index (Phi) is 7.50. The molecule has 6 heteroatoms. The summed E-state index contributed by atoms with van der Waals surface area (Å²) in [6, 6.07) is 5.87. The Labute approximate surface area is 108 Å². The third-order valence-corrected chi connectivity index (χ3v) is 2.31. The third kappa shape index (κ3) is 6.17. The Balaban J connectivity index is 2.22. The first-order valence-electron chi connectivity index (χ1n) is 6.00. The summed E-state index contributed by atoms with van der Waals surface area (Å²) >= 11 is 0. The minimum absolute atomic E-state index is 0.599. The molecule has 0 bridgehead atoms. The Bertz CT molecular complexity index is 342. The Morgan fingerprint density at radius 1 is 1.50 bits per heavy atom. The molecule has 18 heavy (non-hydrogen) atoms. The predicted molar refractivity (Wildman–Crippen MR) is 72.1 cm³/mol. The van der Waals surface area contributed by atoms with Crippen molar-refractivity contribution in [2.45, 2.75) is 12.8 Å². The molecule has 1 aromatic heterocycles. The van der Waals surface area contributed by atoms with E-state index in [4.69, 9.17) is 10.6 Å². The largest absolute Gasteiger partial charge is 0.385 e. The SMILES string of the molecule is COCCCN=C(NN)NCCc1ccccn1. The molecule has 0 amide bonds. The van der Waals surface area contributed by atoms with Crippen LogP contribution in [0, 0.1) is 0 Å². The van der Waals surface area contributed by atoms with Gasteiger partial charge < -0.3 is 10.1 Å². The fraction of sp³-hybridized carbons (Fsp3) is 0.500. The van der Waals surface area contributed by atoms with E-state index >= 15 is 0 Å². The number of hydrogen-bond acceptors (Lipinski definition) is 4. The van der Waals surface area contributed by atoms with Gasteiger partial charge in [0.25, 0.3) is 0 Å². The molecule has 1 aromatic rings. The van der Waals surface area contributed by atoms with Crippen LogP contribution in [0.25, 0.3) is 0 Å². The van der Waals surface area contributed by atoms with Crippen LogP contribution in [-0.2, 0) is 11.2 Å². The molecule has 100 valence electrons. The van der Waals surface area contributed by atoms with Crippen molar-refractivity contribution >= 4 is 5.96 Å². The average molecular weight is 251 g/mol. The first-order chi connectivity index (χ1) is 8.86. The van der Waals surface area contributed by atoms with Crippen molar-refractivity contribution in [1.82, 2.24) is 15.7 Å². The normalized spacial score (nSPS) is 11.3. The van der Waals surface area contributed by atoms with Gasteiger partial charge in [0.1, 0.15) is 0 Å². The van der Waals surface area contributed by atoms with Crippen molar-refractivity contribution in [2.75, 3.05) is 26.8 Å². The lowest BCUT2D eigenvalue weighted by molar-refractivity contribution is 0.197. The van der Waals surface area contributed by atoms with E-state index in [1.54, 1.807) is 13.3 Å². The molecular weight excluding hydrogens is 230 g/mol. The maximum absolute atomic E-state index is 5.38. The van der Waals surface area contributed by atoms with Crippen LogP contribution in [0.3, 0.4) is 0 Å². The lowest BCUT2D eigenvalue weighted by Crippen LogP contribution is -2.42. The highest BCUT2D eigenvalue weighted by molar-refractivity contribution is 5.79. The highest BCUT2D eigenvalue weighted by Crippen LogP contribution is 1.92. The van der Waals surface area contributed by atoms with E-state index in [-0.39, 0.29) is 0 Å². The van der Waals surface area contributed by atoms with Crippen LogP contribution in [0.2, 0.25) is 0 Å². The lowest BCUT2D eigenvalue weighted by Gasteiger charge is -2.08. The molecule has 4 N–H and O–H groups in total. The van der Waals surface area contributed by atoms with Gasteiger partial charge in [0, 0.05) is 45.1 Å². The molecule has 1 heterocycles. The summed E-state index contributed by atoms with van der Waals surface area (Å²) in [5.74, 6) is 5.98. The van der Waals surface area contributed by atoms with Gasteiger partial charge >= 0.3 is 0 Å². The summed E-state index contributed by atoms with van der Waals surface area (Å²) in [5.41, 5.74) is 3.59. The van der Waals surface area contributed by atoms with E-state index in [0.717, 1.165) is 25.1 Å². The molecule has 0 fully saturated rings. The van der Waals surface area contributed by atoms with E-state index in [1.807, 2.05) is 18.2 Å². The molecule has 0 aliphatic carbocycles. The van der Waals surface area contributed by atoms with Crippen LogP contribution in [0.1, 0.15) is 12.1 Å². The standard InChI is InChI=1S/C12H21N5O/c1-18-10-4-8-15-12(17-13)16-9-6-11-5-2-3-7-14-11/h2-3,5,7H,4,6,8-10,13H2,1H3,(H2,15,16,17). The molecule has 0 radical (unpaired) electrons. The van der Waals surface area contributed by atoms with Gasteiger partial charge in [0.05, 0.1) is 0 Å². The van der Waals surface area contributed by atoms with Gasteiger partial charge in [0.2, 0.25) is 5.96 Å². The molecule has 6 nitrogen and oxygen atoms in total. The number of hydrazine groups is 1. The van der Waals surface area contributed by atoms with Gasteiger partial charge in [-0.05, 0) is 18.6 Å². The van der Waals surface area contributed by atoms with Crippen molar-refractivity contribution in [3.05, 3.63) is 30.1 Å². The molecule has 0 aliphatic heterocycles. The van der Waals surface area contributed by atoms with E-state index in [1.165, 1.54) is 0 Å². The molecule has 0 saturated carbocycles. The number of hydrogen-bond donors (Lipinski definition) is 3. The monoisotopic (exact) mass is 251 g/mol. The quantitative estimate of drug-likeness (QED) is 0.210. The van der Waals surface area contributed by atoms with E-state index in [2.05, 4.69) is 20.7 Å². The minimum atomic E-state index is 0.599. The van der Waals surface area contributed by atoms with E-state index in [0.29, 0.717) is 19.1 Å². The van der Waals surface area contributed by atoms with Crippen LogP contribution >= 0.6 is 0 Å². The number of ether oxygens (including phenoxy) is 1. The molecule has 0 aromatic carbocycles. The molecule has 0 aliphatic rings. The fourth-order valence-corrected chi connectivity index (χ4v) is 1.41. The Morgan fingerprint density at radius 2 is 2.39 bits per heavy atom. The highest BCUT2D eigenvalue weighted by atomic mass is 16.5. The average Bonchev–Trinajstić information content (AvgIpc) is 2.42. The maximum Gasteiger partial charge on any atom is 0.205 e. The number of nitrogens with two attached hydrogens (primary N) is 1. The Hall–Kier alpha value is -1.66. The highest BCUT2D eigenvalue weighted by Gasteiger charge is 1.96. The van der Waals surface area contributed by atoms with Gasteiger partial charge in [-0.1, -0.05) is 6.07 Å². The lowest BCUT2D eigenvalue weighted by atomic mass is 10.3. The zero-order valence-corrected chi connectivity index (χ0v) is 10.7. The number of methoxy groups -OCH3 is 1. The molecule has 0 saturated heterocycles. The number of guanidine groups is 1. The molecule has 0 atom stereocenters. The van der Waals surface area contributed by atoms with Crippen molar-refractivity contribution in [2.24, 2.45) is 10.8 Å². The van der Waals surface area contributed by atoms with Crippen LogP contribution in [0.15, 0.2) is 29.4 Å². The number of aromatic nitrogens is 1. The Morgan fingerprint density at radius 3 is 3.06 bits per heavy atom. The summed E-state index contributed by atoms with van der Waals surface area (Å²) in [6.45, 7) is 2.13. The number of nitrogens with one attached hydrogen (secondary N) is 2. The van der Waals surface area contributed by atoms with E-state index < -0.39 is 0 Å². The second-order valence-electron chi connectivity index (χ2n) is 3.72. The zero-order valence-electron chi connectivity index (χ0n) is 10.7. The van der Waals surface area contributed by atoms with Crippen molar-refractivity contribution in [3.8, 4) is 0 Å². The topological polar surface area (TPSA) is 84.6 Å². The molecule has 0 spiro atoms.